The van der Waals surface area contributed by atoms with E-state index >= 15 is 0 Å². The molecule has 10 heteroatoms. The van der Waals surface area contributed by atoms with Crippen molar-refractivity contribution in [2.75, 3.05) is 13.2 Å². The third-order valence-corrected chi connectivity index (χ3v) is 4.01. The Labute approximate surface area is 157 Å². The van der Waals surface area contributed by atoms with Crippen LogP contribution in [-0.4, -0.2) is 36.1 Å². The van der Waals surface area contributed by atoms with Gasteiger partial charge in [-0.25, -0.2) is 4.98 Å². The van der Waals surface area contributed by atoms with Crippen LogP contribution in [0.25, 0.3) is 0 Å². The lowest BCUT2D eigenvalue weighted by atomic mass is 10.2. The van der Waals surface area contributed by atoms with Gasteiger partial charge >= 0.3 is 6.18 Å². The summed E-state index contributed by atoms with van der Waals surface area (Å²) in [6, 6.07) is 4.63. The Kier molecular flexibility index (Phi) is 7.59. The van der Waals surface area contributed by atoms with Crippen LogP contribution in [0.5, 0.6) is 5.88 Å². The highest BCUT2D eigenvalue weighted by Crippen LogP contribution is 2.17. The van der Waals surface area contributed by atoms with E-state index in [0.717, 1.165) is 0 Å². The van der Waals surface area contributed by atoms with Gasteiger partial charge in [0.25, 0.3) is 5.91 Å². The molecule has 0 radical (unpaired) electrons. The standard InChI is InChI=1S/C17H18F3N3O3S/c18-17(19,20)11-26-15-8-12(3-6-21-15)9-23-14(24)2-1-5-22-16(25)13-4-7-27-10-13/h3-4,6-8,10H,1-2,5,9,11H2,(H,22,25)(H,23,24). The first-order chi connectivity index (χ1) is 12.8. The average Bonchev–Trinajstić information content (AvgIpc) is 3.16. The number of pyridine rings is 1. The molecule has 0 saturated carbocycles. The van der Waals surface area contributed by atoms with E-state index in [0.29, 0.717) is 24.1 Å². The van der Waals surface area contributed by atoms with E-state index in [1.807, 2.05) is 0 Å². The number of ether oxygens (including phenoxy) is 1. The van der Waals surface area contributed by atoms with Crippen molar-refractivity contribution in [3.8, 4) is 5.88 Å². The second kappa shape index (κ2) is 9.91. The van der Waals surface area contributed by atoms with E-state index in [2.05, 4.69) is 20.4 Å². The maximum atomic E-state index is 12.1. The number of carbonyl (C=O) groups excluding carboxylic acids is 2. The van der Waals surface area contributed by atoms with Gasteiger partial charge in [0.1, 0.15) is 0 Å². The van der Waals surface area contributed by atoms with Crippen LogP contribution >= 0.6 is 11.3 Å². The molecule has 0 fully saturated rings. The highest BCUT2D eigenvalue weighted by molar-refractivity contribution is 7.08. The topological polar surface area (TPSA) is 80.3 Å². The van der Waals surface area contributed by atoms with Crippen LogP contribution in [-0.2, 0) is 11.3 Å². The molecule has 2 aromatic rings. The molecule has 0 saturated heterocycles. The smallest absolute Gasteiger partial charge is 0.422 e. The highest BCUT2D eigenvalue weighted by atomic mass is 32.1. The summed E-state index contributed by atoms with van der Waals surface area (Å²) in [7, 11) is 0. The van der Waals surface area contributed by atoms with Gasteiger partial charge in [0.05, 0.1) is 0 Å². The van der Waals surface area contributed by atoms with Crippen molar-refractivity contribution in [1.82, 2.24) is 15.6 Å². The second-order valence-corrected chi connectivity index (χ2v) is 6.33. The van der Waals surface area contributed by atoms with Gasteiger partial charge in [0.15, 0.2) is 6.61 Å². The molecular weight excluding hydrogens is 383 g/mol. The normalized spacial score (nSPS) is 11.1. The summed E-state index contributed by atoms with van der Waals surface area (Å²) in [5, 5.41) is 8.92. The van der Waals surface area contributed by atoms with Crippen LogP contribution in [0.3, 0.4) is 0 Å². The maximum Gasteiger partial charge on any atom is 0.422 e. The number of carbonyl (C=O) groups is 2. The summed E-state index contributed by atoms with van der Waals surface area (Å²) < 4.78 is 41.0. The van der Waals surface area contributed by atoms with Crippen molar-refractivity contribution >= 4 is 23.2 Å². The number of alkyl halides is 3. The summed E-state index contributed by atoms with van der Waals surface area (Å²) in [5.74, 6) is -0.565. The number of thiophene rings is 1. The van der Waals surface area contributed by atoms with E-state index in [1.165, 1.54) is 23.6 Å². The highest BCUT2D eigenvalue weighted by Gasteiger charge is 2.28. The van der Waals surface area contributed by atoms with Gasteiger partial charge in [0, 0.05) is 42.7 Å². The summed E-state index contributed by atoms with van der Waals surface area (Å²) in [6.45, 7) is -0.912. The predicted octanol–water partition coefficient (Wildman–Crippen LogP) is 2.91. The van der Waals surface area contributed by atoms with Gasteiger partial charge in [-0.2, -0.15) is 24.5 Å². The van der Waals surface area contributed by atoms with E-state index < -0.39 is 12.8 Å². The lowest BCUT2D eigenvalue weighted by Crippen LogP contribution is -2.27. The zero-order valence-electron chi connectivity index (χ0n) is 14.2. The summed E-state index contributed by atoms with van der Waals surface area (Å²) in [4.78, 5) is 27.2. The van der Waals surface area contributed by atoms with Crippen LogP contribution < -0.4 is 15.4 Å². The van der Waals surface area contributed by atoms with Crippen molar-refractivity contribution in [3.63, 3.8) is 0 Å². The van der Waals surface area contributed by atoms with Gasteiger partial charge in [-0.3, -0.25) is 9.59 Å². The minimum Gasteiger partial charge on any atom is -0.468 e. The van der Waals surface area contributed by atoms with E-state index in [-0.39, 0.29) is 30.7 Å². The number of hydrogen-bond donors (Lipinski definition) is 2. The third kappa shape index (κ3) is 8.07. The average molecular weight is 401 g/mol. The van der Waals surface area contributed by atoms with E-state index in [4.69, 9.17) is 0 Å². The van der Waals surface area contributed by atoms with Gasteiger partial charge in [-0.15, -0.1) is 0 Å². The van der Waals surface area contributed by atoms with Crippen molar-refractivity contribution in [2.24, 2.45) is 0 Å². The van der Waals surface area contributed by atoms with Gasteiger partial charge in [-0.05, 0) is 29.5 Å². The number of halogens is 3. The van der Waals surface area contributed by atoms with Gasteiger partial charge < -0.3 is 15.4 Å². The fraction of sp³-hybridized carbons (Fsp3) is 0.353. The zero-order chi connectivity index (χ0) is 19.7. The lowest BCUT2D eigenvalue weighted by molar-refractivity contribution is -0.154. The molecule has 0 spiro atoms. The van der Waals surface area contributed by atoms with E-state index in [1.54, 1.807) is 22.9 Å². The molecule has 27 heavy (non-hydrogen) atoms. The Hall–Kier alpha value is -2.62. The number of aromatic nitrogens is 1. The first-order valence-corrected chi connectivity index (χ1v) is 8.99. The summed E-state index contributed by atoms with van der Waals surface area (Å²) >= 11 is 1.43. The monoisotopic (exact) mass is 401 g/mol. The van der Waals surface area contributed by atoms with E-state index in [9.17, 15) is 22.8 Å². The molecule has 2 rings (SSSR count). The minimum absolute atomic E-state index is 0.144. The van der Waals surface area contributed by atoms with Crippen molar-refractivity contribution < 1.29 is 27.5 Å². The number of amides is 2. The molecule has 2 heterocycles. The first-order valence-electron chi connectivity index (χ1n) is 8.05. The van der Waals surface area contributed by atoms with Crippen LogP contribution in [0.15, 0.2) is 35.2 Å². The molecule has 0 unspecified atom stereocenters. The molecule has 2 aromatic heterocycles. The molecule has 0 aliphatic rings. The molecule has 0 aliphatic heterocycles. The number of nitrogens with zero attached hydrogens (tertiary/aromatic N) is 1. The van der Waals surface area contributed by atoms with Gasteiger partial charge in [0.2, 0.25) is 11.8 Å². The molecule has 2 N–H and O–H groups in total. The molecular formula is C17H18F3N3O3S. The second-order valence-electron chi connectivity index (χ2n) is 5.55. The SMILES string of the molecule is O=C(CCCNC(=O)c1ccsc1)NCc1ccnc(OCC(F)(F)F)c1. The van der Waals surface area contributed by atoms with Crippen LogP contribution in [0.1, 0.15) is 28.8 Å². The Morgan fingerprint density at radius 3 is 2.74 bits per heavy atom. The Bertz CT molecular complexity index is 751. The number of hydrogen-bond acceptors (Lipinski definition) is 5. The molecule has 0 atom stereocenters. The molecule has 2 amide bonds. The Morgan fingerprint density at radius 2 is 2.04 bits per heavy atom. The van der Waals surface area contributed by atoms with Crippen LogP contribution in [0.4, 0.5) is 13.2 Å². The fourth-order valence-electron chi connectivity index (χ4n) is 2.03. The largest absolute Gasteiger partial charge is 0.468 e. The summed E-state index contributed by atoms with van der Waals surface area (Å²) in [6.07, 6.45) is -2.44. The third-order valence-electron chi connectivity index (χ3n) is 3.32. The Balaban J connectivity index is 1.65. The number of nitrogens with one attached hydrogen (secondary N) is 2. The first kappa shape index (κ1) is 20.7. The molecule has 146 valence electrons. The summed E-state index contributed by atoms with van der Waals surface area (Å²) in [5.41, 5.74) is 1.16. The van der Waals surface area contributed by atoms with Gasteiger partial charge in [-0.1, -0.05) is 0 Å². The lowest BCUT2D eigenvalue weighted by Gasteiger charge is -2.10. The number of rotatable bonds is 9. The Morgan fingerprint density at radius 1 is 1.22 bits per heavy atom. The maximum absolute atomic E-state index is 12.1. The van der Waals surface area contributed by atoms with Crippen molar-refractivity contribution in [3.05, 3.63) is 46.3 Å². The zero-order valence-corrected chi connectivity index (χ0v) is 15.0. The molecule has 0 bridgehead atoms. The molecule has 0 aromatic carbocycles. The molecule has 0 aliphatic carbocycles. The van der Waals surface area contributed by atoms with Crippen LogP contribution in [0.2, 0.25) is 0 Å². The van der Waals surface area contributed by atoms with Crippen molar-refractivity contribution in [1.29, 1.82) is 0 Å². The van der Waals surface area contributed by atoms with Crippen molar-refractivity contribution in [2.45, 2.75) is 25.6 Å². The minimum atomic E-state index is -4.44. The predicted molar refractivity (Wildman–Crippen MR) is 93.5 cm³/mol. The quantitative estimate of drug-likeness (QED) is 0.633. The molecule has 6 nitrogen and oxygen atoms in total. The fourth-order valence-corrected chi connectivity index (χ4v) is 2.67. The van der Waals surface area contributed by atoms with Crippen LogP contribution in [0, 0.1) is 0 Å².